The van der Waals surface area contributed by atoms with E-state index in [2.05, 4.69) is 50.0 Å². The minimum atomic E-state index is 0.595. The number of likely N-dealkylation sites (tertiary alicyclic amines) is 1. The summed E-state index contributed by atoms with van der Waals surface area (Å²) < 4.78 is 7.55. The molecular weight excluding hydrogens is 290 g/mol. The maximum atomic E-state index is 5.37. The van der Waals surface area contributed by atoms with Crippen molar-refractivity contribution in [3.05, 3.63) is 54.4 Å². The Labute approximate surface area is 134 Å². The number of nitrogens with zero attached hydrogens (tertiary/aromatic N) is 5. The summed E-state index contributed by atoms with van der Waals surface area (Å²) in [4.78, 5) is 11.0. The normalized spacial score (nSPS) is 15.7. The van der Waals surface area contributed by atoms with Crippen molar-refractivity contribution >= 4 is 0 Å². The first kappa shape index (κ1) is 14.1. The second-order valence-electron chi connectivity index (χ2n) is 6.13. The summed E-state index contributed by atoms with van der Waals surface area (Å²) in [6, 6.07) is 8.07. The van der Waals surface area contributed by atoms with Gasteiger partial charge in [-0.05, 0) is 30.2 Å². The molecule has 0 radical (unpaired) electrons. The fraction of sp³-hybridized carbons (Fsp3) is 0.353. The number of hydrogen-bond acceptors (Lipinski definition) is 5. The van der Waals surface area contributed by atoms with Crippen LogP contribution >= 0.6 is 0 Å². The lowest BCUT2D eigenvalue weighted by Gasteiger charge is -2.38. The molecule has 0 N–H and O–H groups in total. The van der Waals surface area contributed by atoms with E-state index in [1.165, 1.54) is 5.69 Å². The van der Waals surface area contributed by atoms with E-state index in [0.717, 1.165) is 31.6 Å². The fourth-order valence-electron chi connectivity index (χ4n) is 3.02. The van der Waals surface area contributed by atoms with E-state index in [-0.39, 0.29) is 0 Å². The molecule has 1 aliphatic rings. The van der Waals surface area contributed by atoms with Crippen molar-refractivity contribution in [1.82, 2.24) is 24.6 Å². The summed E-state index contributed by atoms with van der Waals surface area (Å²) in [5.41, 5.74) is 2.24. The Morgan fingerprint density at radius 3 is 2.91 bits per heavy atom. The lowest BCUT2D eigenvalue weighted by Crippen LogP contribution is -2.47. The Kier molecular flexibility index (Phi) is 3.67. The van der Waals surface area contributed by atoms with Gasteiger partial charge in [0.05, 0.1) is 0 Å². The fourth-order valence-corrected chi connectivity index (χ4v) is 3.02. The lowest BCUT2D eigenvalue weighted by molar-refractivity contribution is 0.0844. The summed E-state index contributed by atoms with van der Waals surface area (Å²) in [6.07, 6.45) is 6.42. The summed E-state index contributed by atoms with van der Waals surface area (Å²) in [7, 11) is 2.09. The van der Waals surface area contributed by atoms with Crippen LogP contribution in [-0.4, -0.2) is 37.7 Å². The molecule has 0 atom stereocenters. The average molecular weight is 309 g/mol. The minimum absolute atomic E-state index is 0.595. The zero-order chi connectivity index (χ0) is 15.6. The molecule has 0 unspecified atom stereocenters. The molecular formula is C17H19N5O. The first-order chi connectivity index (χ1) is 11.3. The Hall–Kier alpha value is -2.47. The minimum Gasteiger partial charge on any atom is -0.353 e. The molecule has 0 saturated carbocycles. The molecule has 1 aliphatic heterocycles. The lowest BCUT2D eigenvalue weighted by atomic mass is 9.96. The predicted molar refractivity (Wildman–Crippen MR) is 85.4 cm³/mol. The number of rotatable bonds is 5. The highest BCUT2D eigenvalue weighted by molar-refractivity contribution is 5.51. The number of aryl methyl sites for hydroxylation is 1. The third-order valence-electron chi connectivity index (χ3n) is 4.32. The highest BCUT2D eigenvalue weighted by Crippen LogP contribution is 2.23. The van der Waals surface area contributed by atoms with Crippen LogP contribution in [0.5, 0.6) is 0 Å². The van der Waals surface area contributed by atoms with Crippen molar-refractivity contribution in [1.29, 1.82) is 0 Å². The van der Waals surface area contributed by atoms with Gasteiger partial charge in [0.25, 0.3) is 0 Å². The Morgan fingerprint density at radius 1 is 1.26 bits per heavy atom. The average Bonchev–Trinajstić information content (AvgIpc) is 3.16. The Balaban J connectivity index is 1.31. The molecule has 3 aromatic rings. The molecule has 23 heavy (non-hydrogen) atoms. The maximum Gasteiger partial charge on any atom is 0.227 e. The van der Waals surface area contributed by atoms with Crippen LogP contribution in [0, 0.1) is 5.92 Å². The van der Waals surface area contributed by atoms with E-state index in [9.17, 15) is 0 Å². The Bertz CT molecular complexity index is 773. The van der Waals surface area contributed by atoms with Crippen molar-refractivity contribution < 1.29 is 4.52 Å². The maximum absolute atomic E-state index is 5.37. The molecule has 3 aromatic heterocycles. The molecule has 1 saturated heterocycles. The van der Waals surface area contributed by atoms with Gasteiger partial charge in [0.1, 0.15) is 0 Å². The zero-order valence-corrected chi connectivity index (χ0v) is 13.1. The third kappa shape index (κ3) is 3.03. The highest BCUT2D eigenvalue weighted by Gasteiger charge is 2.29. The molecule has 0 amide bonds. The first-order valence-electron chi connectivity index (χ1n) is 7.83. The van der Waals surface area contributed by atoms with Crippen LogP contribution in [0.3, 0.4) is 0 Å². The molecule has 6 heteroatoms. The van der Waals surface area contributed by atoms with Crippen molar-refractivity contribution in [2.24, 2.45) is 13.0 Å². The van der Waals surface area contributed by atoms with Gasteiger partial charge in [-0.25, -0.2) is 0 Å². The largest absolute Gasteiger partial charge is 0.353 e. The molecule has 4 rings (SSSR count). The van der Waals surface area contributed by atoms with Crippen molar-refractivity contribution in [2.75, 3.05) is 13.1 Å². The van der Waals surface area contributed by atoms with Crippen LogP contribution < -0.4 is 0 Å². The van der Waals surface area contributed by atoms with Gasteiger partial charge in [-0.1, -0.05) is 5.16 Å². The molecule has 1 fully saturated rings. The quantitative estimate of drug-likeness (QED) is 0.722. The molecule has 118 valence electrons. The molecule has 0 spiro atoms. The third-order valence-corrected chi connectivity index (χ3v) is 4.32. The van der Waals surface area contributed by atoms with Crippen LogP contribution in [-0.2, 0) is 20.0 Å². The van der Waals surface area contributed by atoms with Crippen LogP contribution in [0.15, 0.2) is 47.4 Å². The van der Waals surface area contributed by atoms with Gasteiger partial charge in [-0.15, -0.1) is 0 Å². The van der Waals surface area contributed by atoms with Gasteiger partial charge in [-0.3, -0.25) is 9.88 Å². The topological polar surface area (TPSA) is 60.0 Å². The second kappa shape index (κ2) is 5.96. The molecule has 0 aliphatic carbocycles. The van der Waals surface area contributed by atoms with E-state index in [4.69, 9.17) is 4.52 Å². The number of hydrogen-bond donors (Lipinski definition) is 0. The SMILES string of the molecule is Cn1cccc1CN1CC(Cc2nc(-c3cccnc3)no2)C1. The first-order valence-corrected chi connectivity index (χ1v) is 7.83. The van der Waals surface area contributed by atoms with Crippen LogP contribution in [0.4, 0.5) is 0 Å². The van der Waals surface area contributed by atoms with Crippen molar-refractivity contribution in [3.8, 4) is 11.4 Å². The van der Waals surface area contributed by atoms with Gasteiger partial charge in [0.15, 0.2) is 0 Å². The smallest absolute Gasteiger partial charge is 0.227 e. The van der Waals surface area contributed by atoms with Gasteiger partial charge in [0, 0.05) is 63.0 Å². The second-order valence-corrected chi connectivity index (χ2v) is 6.13. The van der Waals surface area contributed by atoms with Gasteiger partial charge >= 0.3 is 0 Å². The highest BCUT2D eigenvalue weighted by atomic mass is 16.5. The number of pyridine rings is 1. The van der Waals surface area contributed by atoms with E-state index >= 15 is 0 Å². The van der Waals surface area contributed by atoms with Gasteiger partial charge < -0.3 is 9.09 Å². The van der Waals surface area contributed by atoms with E-state index in [0.29, 0.717) is 17.6 Å². The van der Waals surface area contributed by atoms with Gasteiger partial charge in [0.2, 0.25) is 11.7 Å². The van der Waals surface area contributed by atoms with Crippen LogP contribution in [0.25, 0.3) is 11.4 Å². The summed E-state index contributed by atoms with van der Waals surface area (Å²) in [5, 5.41) is 4.05. The predicted octanol–water partition coefficient (Wildman–Crippen LogP) is 2.14. The number of aromatic nitrogens is 4. The summed E-state index contributed by atoms with van der Waals surface area (Å²) in [5.74, 6) is 1.93. The van der Waals surface area contributed by atoms with Gasteiger partial charge in [-0.2, -0.15) is 4.98 Å². The molecule has 0 bridgehead atoms. The van der Waals surface area contributed by atoms with Crippen molar-refractivity contribution in [2.45, 2.75) is 13.0 Å². The van der Waals surface area contributed by atoms with Crippen LogP contribution in [0.2, 0.25) is 0 Å². The van der Waals surface area contributed by atoms with Crippen LogP contribution in [0.1, 0.15) is 11.6 Å². The molecule has 6 nitrogen and oxygen atoms in total. The Morgan fingerprint density at radius 2 is 2.17 bits per heavy atom. The zero-order valence-electron chi connectivity index (χ0n) is 13.1. The molecule has 4 heterocycles. The van der Waals surface area contributed by atoms with E-state index in [1.54, 1.807) is 12.4 Å². The standard InChI is InChI=1S/C17H19N5O/c1-21-7-3-5-15(21)12-22-10-13(11-22)8-16-19-17(20-23-16)14-4-2-6-18-9-14/h2-7,9,13H,8,10-12H2,1H3. The molecule has 0 aromatic carbocycles. The van der Waals surface area contributed by atoms with Crippen molar-refractivity contribution in [3.63, 3.8) is 0 Å². The monoisotopic (exact) mass is 309 g/mol. The van der Waals surface area contributed by atoms with E-state index in [1.807, 2.05) is 12.1 Å². The van der Waals surface area contributed by atoms with E-state index < -0.39 is 0 Å². The summed E-state index contributed by atoms with van der Waals surface area (Å²) in [6.45, 7) is 3.16. The summed E-state index contributed by atoms with van der Waals surface area (Å²) >= 11 is 0.